The second kappa shape index (κ2) is 8.89. The smallest absolute Gasteiger partial charge is 0.137 e. The van der Waals surface area contributed by atoms with Crippen molar-refractivity contribution in [2.24, 2.45) is 0 Å². The number of nitrogens with zero attached hydrogens (tertiary/aromatic N) is 3. The number of imidazole rings is 1. The van der Waals surface area contributed by atoms with Crippen molar-refractivity contribution < 1.29 is 0 Å². The molecule has 0 radical (unpaired) electrons. The van der Waals surface area contributed by atoms with E-state index in [1.54, 1.807) is 0 Å². The van der Waals surface area contributed by atoms with E-state index in [-0.39, 0.29) is 0 Å². The van der Waals surface area contributed by atoms with Crippen molar-refractivity contribution in [1.82, 2.24) is 14.4 Å². The summed E-state index contributed by atoms with van der Waals surface area (Å²) in [5.41, 5.74) is 9.80. The van der Waals surface area contributed by atoms with Gasteiger partial charge >= 0.3 is 0 Å². The third-order valence-corrected chi connectivity index (χ3v) is 7.95. The molecule has 0 saturated carbocycles. The summed E-state index contributed by atoms with van der Waals surface area (Å²) in [5.74, 6) is 0. The fraction of sp³-hybridized carbons (Fsp3) is 0.0270. The van der Waals surface area contributed by atoms with Crippen LogP contribution in [-0.2, 0) is 0 Å². The Hall–Kier alpha value is -5.28. The molecule has 0 aliphatic rings. The van der Waals surface area contributed by atoms with Gasteiger partial charge in [-0.2, -0.15) is 0 Å². The molecule has 0 unspecified atom stereocenters. The zero-order valence-electron chi connectivity index (χ0n) is 22.0. The molecule has 3 heterocycles. The van der Waals surface area contributed by atoms with Crippen LogP contribution in [0.1, 0.15) is 5.56 Å². The quantitative estimate of drug-likeness (QED) is 0.221. The highest BCUT2D eigenvalue weighted by molar-refractivity contribution is 6.22. The molecule has 40 heavy (non-hydrogen) atoms. The lowest BCUT2D eigenvalue weighted by molar-refractivity contribution is 1.19. The van der Waals surface area contributed by atoms with Crippen molar-refractivity contribution >= 4 is 38.1 Å². The van der Waals surface area contributed by atoms with E-state index in [1.165, 1.54) is 43.6 Å². The highest BCUT2D eigenvalue weighted by atomic mass is 15.0. The molecule has 0 aliphatic carbocycles. The van der Waals surface area contributed by atoms with E-state index in [9.17, 15) is 0 Å². The monoisotopic (exact) mass is 511 g/mol. The van der Waals surface area contributed by atoms with E-state index in [0.717, 1.165) is 33.7 Å². The molecule has 5 aromatic carbocycles. The minimum absolute atomic E-state index is 0.954. The molecular weight excluding hydrogens is 486 g/mol. The number of para-hydroxylation sites is 1. The Bertz CT molecular complexity index is 2170. The van der Waals surface area contributed by atoms with Crippen LogP contribution in [-0.4, -0.2) is 14.4 Å². The summed E-state index contributed by atoms with van der Waals surface area (Å²) in [7, 11) is 0. The summed E-state index contributed by atoms with van der Waals surface area (Å²) >= 11 is 0. The maximum Gasteiger partial charge on any atom is 0.137 e. The number of aromatic nitrogens is 3. The molecular formula is C37H25N3. The Balaban J connectivity index is 1.21. The van der Waals surface area contributed by atoms with Crippen LogP contribution >= 0.6 is 0 Å². The zero-order valence-corrected chi connectivity index (χ0v) is 22.0. The van der Waals surface area contributed by atoms with E-state index in [1.807, 2.05) is 24.4 Å². The van der Waals surface area contributed by atoms with E-state index in [0.29, 0.717) is 0 Å². The van der Waals surface area contributed by atoms with Crippen LogP contribution in [0.25, 0.3) is 71.7 Å². The number of fused-ring (bicyclic) bond motifs is 6. The van der Waals surface area contributed by atoms with Gasteiger partial charge in [0, 0.05) is 39.7 Å². The zero-order chi connectivity index (χ0) is 26.6. The molecule has 188 valence electrons. The second-order valence-corrected chi connectivity index (χ2v) is 10.4. The minimum Gasteiger partial charge on any atom is -0.306 e. The molecule has 0 bridgehead atoms. The lowest BCUT2D eigenvalue weighted by Crippen LogP contribution is -1.93. The van der Waals surface area contributed by atoms with Crippen LogP contribution in [0.2, 0.25) is 0 Å². The van der Waals surface area contributed by atoms with Crippen molar-refractivity contribution in [2.45, 2.75) is 6.92 Å². The number of pyridine rings is 2. The molecule has 0 amide bonds. The molecule has 0 spiro atoms. The third kappa shape index (κ3) is 3.59. The first kappa shape index (κ1) is 22.7. The molecule has 3 heteroatoms. The van der Waals surface area contributed by atoms with E-state index >= 15 is 0 Å². The van der Waals surface area contributed by atoms with Crippen LogP contribution in [0.3, 0.4) is 0 Å². The standard InChI is InChI=1S/C37H25N3/c1-24-7-6-10-31-35-30-9-3-2-8-27(30)20-21-32(35)37(39-36(24)31)29-18-14-26(15-19-29)25-12-16-28(17-13-25)33-23-40-22-5-4-11-34(40)38-33/h2-23H,1H3. The Labute approximate surface area is 232 Å². The summed E-state index contributed by atoms with van der Waals surface area (Å²) < 4.78 is 2.05. The predicted octanol–water partition coefficient (Wildman–Crippen LogP) is 9.50. The van der Waals surface area contributed by atoms with E-state index in [2.05, 4.69) is 121 Å². The lowest BCUT2D eigenvalue weighted by atomic mass is 9.93. The predicted molar refractivity (Wildman–Crippen MR) is 167 cm³/mol. The number of aryl methyl sites for hydroxylation is 1. The topological polar surface area (TPSA) is 30.2 Å². The lowest BCUT2D eigenvalue weighted by Gasteiger charge is -2.14. The van der Waals surface area contributed by atoms with Gasteiger partial charge in [-0.05, 0) is 46.5 Å². The fourth-order valence-electron chi connectivity index (χ4n) is 5.89. The molecule has 0 atom stereocenters. The van der Waals surface area contributed by atoms with Crippen LogP contribution in [0.5, 0.6) is 0 Å². The Kier molecular flexibility index (Phi) is 5.04. The summed E-state index contributed by atoms with van der Waals surface area (Å²) in [6, 6.07) is 43.1. The van der Waals surface area contributed by atoms with Crippen molar-refractivity contribution in [2.75, 3.05) is 0 Å². The summed E-state index contributed by atoms with van der Waals surface area (Å²) in [6.07, 6.45) is 4.10. The average Bonchev–Trinajstić information content (AvgIpc) is 3.45. The third-order valence-electron chi connectivity index (χ3n) is 7.95. The minimum atomic E-state index is 0.954. The summed E-state index contributed by atoms with van der Waals surface area (Å²) in [4.78, 5) is 9.99. The van der Waals surface area contributed by atoms with Gasteiger partial charge in [-0.1, -0.05) is 109 Å². The molecule has 3 nitrogen and oxygen atoms in total. The van der Waals surface area contributed by atoms with Crippen molar-refractivity contribution in [3.05, 3.63) is 139 Å². The van der Waals surface area contributed by atoms with Gasteiger partial charge in [0.1, 0.15) is 5.65 Å². The van der Waals surface area contributed by atoms with Crippen molar-refractivity contribution in [1.29, 1.82) is 0 Å². The average molecular weight is 512 g/mol. The maximum atomic E-state index is 5.24. The molecule has 8 aromatic rings. The van der Waals surface area contributed by atoms with E-state index in [4.69, 9.17) is 9.97 Å². The number of hydrogen-bond donors (Lipinski definition) is 0. The first-order chi connectivity index (χ1) is 19.7. The highest BCUT2D eigenvalue weighted by Gasteiger charge is 2.14. The number of benzene rings is 5. The van der Waals surface area contributed by atoms with Gasteiger partial charge in [0.05, 0.1) is 16.9 Å². The van der Waals surface area contributed by atoms with Crippen LogP contribution in [0.15, 0.2) is 134 Å². The first-order valence-electron chi connectivity index (χ1n) is 13.6. The van der Waals surface area contributed by atoms with Gasteiger partial charge in [-0.25, -0.2) is 9.97 Å². The van der Waals surface area contributed by atoms with Gasteiger partial charge < -0.3 is 4.40 Å². The van der Waals surface area contributed by atoms with Crippen LogP contribution < -0.4 is 0 Å². The normalized spacial score (nSPS) is 11.6. The van der Waals surface area contributed by atoms with Crippen molar-refractivity contribution in [3.63, 3.8) is 0 Å². The highest BCUT2D eigenvalue weighted by Crippen LogP contribution is 2.38. The van der Waals surface area contributed by atoms with Gasteiger partial charge in [0.2, 0.25) is 0 Å². The molecule has 0 N–H and O–H groups in total. The number of rotatable bonds is 3. The molecule has 0 aliphatic heterocycles. The van der Waals surface area contributed by atoms with Gasteiger partial charge in [-0.15, -0.1) is 0 Å². The SMILES string of the molecule is Cc1cccc2c1nc(-c1ccc(-c3ccc(-c4cn5ccccc5n4)cc3)cc1)c1ccc3ccccc3c12. The molecule has 0 saturated heterocycles. The van der Waals surface area contributed by atoms with Gasteiger partial charge in [0.15, 0.2) is 0 Å². The van der Waals surface area contributed by atoms with E-state index < -0.39 is 0 Å². The summed E-state index contributed by atoms with van der Waals surface area (Å²) in [5, 5.41) is 6.17. The molecule has 0 fully saturated rings. The molecule has 3 aromatic heterocycles. The Morgan fingerprint density at radius 1 is 0.525 bits per heavy atom. The largest absolute Gasteiger partial charge is 0.306 e. The summed E-state index contributed by atoms with van der Waals surface area (Å²) in [6.45, 7) is 2.15. The van der Waals surface area contributed by atoms with Gasteiger partial charge in [-0.3, -0.25) is 0 Å². The van der Waals surface area contributed by atoms with Crippen molar-refractivity contribution in [3.8, 4) is 33.6 Å². The molecule has 8 rings (SSSR count). The fourth-order valence-corrected chi connectivity index (χ4v) is 5.89. The Morgan fingerprint density at radius 3 is 2.02 bits per heavy atom. The van der Waals surface area contributed by atoms with Crippen LogP contribution in [0, 0.1) is 6.92 Å². The Morgan fingerprint density at radius 2 is 1.23 bits per heavy atom. The first-order valence-corrected chi connectivity index (χ1v) is 13.6. The van der Waals surface area contributed by atoms with Gasteiger partial charge in [0.25, 0.3) is 0 Å². The maximum absolute atomic E-state index is 5.24. The van der Waals surface area contributed by atoms with Crippen LogP contribution in [0.4, 0.5) is 0 Å². The number of hydrogen-bond acceptors (Lipinski definition) is 2. The second-order valence-electron chi connectivity index (χ2n) is 10.4.